The molecule has 1 atom stereocenters. The summed E-state index contributed by atoms with van der Waals surface area (Å²) >= 11 is 6.14. The number of piperidine rings is 1. The highest BCUT2D eigenvalue weighted by Crippen LogP contribution is 2.37. The van der Waals surface area contributed by atoms with Gasteiger partial charge in [-0.15, -0.1) is 0 Å². The second kappa shape index (κ2) is 7.68. The van der Waals surface area contributed by atoms with Gasteiger partial charge in [0.05, 0.1) is 11.3 Å². The molecular formula is C24H25ClN2O2. The Morgan fingerprint density at radius 1 is 1.00 bits per heavy atom. The summed E-state index contributed by atoms with van der Waals surface area (Å²) in [5, 5.41) is 0.496. The Balaban J connectivity index is 1.85. The van der Waals surface area contributed by atoms with E-state index in [0.717, 1.165) is 42.6 Å². The molecule has 4 nitrogen and oxygen atoms in total. The Morgan fingerprint density at radius 2 is 1.79 bits per heavy atom. The summed E-state index contributed by atoms with van der Waals surface area (Å²) in [6.07, 6.45) is 2.16. The second-order valence-electron chi connectivity index (χ2n) is 8.14. The van der Waals surface area contributed by atoms with E-state index in [0.29, 0.717) is 27.9 Å². The molecule has 2 aliphatic rings. The van der Waals surface area contributed by atoms with Gasteiger partial charge in [-0.3, -0.25) is 9.59 Å². The number of benzene rings is 2. The molecule has 0 aliphatic carbocycles. The molecule has 0 N–H and O–H groups in total. The summed E-state index contributed by atoms with van der Waals surface area (Å²) in [5.41, 5.74) is 4.57. The number of halogens is 1. The van der Waals surface area contributed by atoms with Gasteiger partial charge in [0.2, 0.25) is 0 Å². The molecule has 2 amide bonds. The molecule has 4 rings (SSSR count). The van der Waals surface area contributed by atoms with Crippen molar-refractivity contribution in [3.8, 4) is 0 Å². The van der Waals surface area contributed by atoms with Gasteiger partial charge in [-0.1, -0.05) is 42.8 Å². The van der Waals surface area contributed by atoms with Gasteiger partial charge in [0.15, 0.2) is 0 Å². The van der Waals surface area contributed by atoms with Crippen LogP contribution >= 0.6 is 11.6 Å². The first-order valence-corrected chi connectivity index (χ1v) is 10.5. The van der Waals surface area contributed by atoms with Crippen LogP contribution in [0.25, 0.3) is 5.57 Å². The molecule has 2 aliphatic heterocycles. The van der Waals surface area contributed by atoms with Crippen LogP contribution in [-0.2, 0) is 9.59 Å². The quantitative estimate of drug-likeness (QED) is 0.673. The fraction of sp³-hybridized carbons (Fsp3) is 0.333. The highest BCUT2D eigenvalue weighted by Gasteiger charge is 2.43. The number of nitrogens with zero attached hydrogens (tertiary/aromatic N) is 2. The number of aryl methyl sites for hydroxylation is 2. The third kappa shape index (κ3) is 3.58. The summed E-state index contributed by atoms with van der Waals surface area (Å²) < 4.78 is 0. The van der Waals surface area contributed by atoms with E-state index in [9.17, 15) is 9.59 Å². The number of hydrogen-bond acceptors (Lipinski definition) is 3. The van der Waals surface area contributed by atoms with Gasteiger partial charge in [-0.2, -0.15) is 0 Å². The molecule has 2 aromatic rings. The highest BCUT2D eigenvalue weighted by atomic mass is 35.5. The first-order chi connectivity index (χ1) is 13.9. The predicted molar refractivity (Wildman–Crippen MR) is 117 cm³/mol. The molecule has 1 unspecified atom stereocenters. The van der Waals surface area contributed by atoms with Gasteiger partial charge < -0.3 is 4.90 Å². The van der Waals surface area contributed by atoms with E-state index in [1.165, 1.54) is 4.90 Å². The lowest BCUT2D eigenvalue weighted by molar-refractivity contribution is -0.120. The Morgan fingerprint density at radius 3 is 2.48 bits per heavy atom. The topological polar surface area (TPSA) is 40.6 Å². The molecule has 2 heterocycles. The number of amides is 2. The first-order valence-electron chi connectivity index (χ1n) is 10.1. The van der Waals surface area contributed by atoms with Crippen molar-refractivity contribution in [3.05, 3.63) is 69.9 Å². The third-order valence-electron chi connectivity index (χ3n) is 5.89. The van der Waals surface area contributed by atoms with E-state index in [1.54, 1.807) is 24.3 Å². The van der Waals surface area contributed by atoms with Crippen LogP contribution in [0.4, 0.5) is 5.69 Å². The van der Waals surface area contributed by atoms with Gasteiger partial charge in [0.25, 0.3) is 11.8 Å². The van der Waals surface area contributed by atoms with E-state index < -0.39 is 0 Å². The number of anilines is 1. The maximum absolute atomic E-state index is 13.5. The van der Waals surface area contributed by atoms with E-state index in [1.807, 2.05) is 32.0 Å². The van der Waals surface area contributed by atoms with E-state index in [4.69, 9.17) is 11.6 Å². The Labute approximate surface area is 176 Å². The smallest absolute Gasteiger partial charge is 0.282 e. The van der Waals surface area contributed by atoms with E-state index >= 15 is 0 Å². The van der Waals surface area contributed by atoms with Crippen LogP contribution in [0.3, 0.4) is 0 Å². The van der Waals surface area contributed by atoms with Crippen molar-refractivity contribution in [2.75, 3.05) is 18.0 Å². The van der Waals surface area contributed by atoms with Gasteiger partial charge in [0.1, 0.15) is 5.70 Å². The lowest BCUT2D eigenvalue weighted by Crippen LogP contribution is -2.39. The molecule has 0 bridgehead atoms. The van der Waals surface area contributed by atoms with Crippen LogP contribution in [0.1, 0.15) is 36.5 Å². The molecular weight excluding hydrogens is 384 g/mol. The van der Waals surface area contributed by atoms with Crippen molar-refractivity contribution < 1.29 is 9.59 Å². The van der Waals surface area contributed by atoms with Crippen molar-refractivity contribution in [2.24, 2.45) is 5.92 Å². The SMILES string of the molecule is Cc1ccc(C2=C(N3CCCC(C)C3)C(=O)N(c3cccc(Cl)c3)C2=O)cc1C. The maximum atomic E-state index is 13.5. The van der Waals surface area contributed by atoms with Crippen molar-refractivity contribution in [2.45, 2.75) is 33.6 Å². The standard InChI is InChI=1S/C24H25ClN2O2/c1-15-6-5-11-26(14-15)22-21(18-10-9-16(2)17(3)12-18)23(28)27(24(22)29)20-8-4-7-19(25)13-20/h4,7-10,12-13,15H,5-6,11,14H2,1-3H3. The minimum Gasteiger partial charge on any atom is -0.366 e. The van der Waals surface area contributed by atoms with Gasteiger partial charge in [-0.25, -0.2) is 4.90 Å². The average Bonchev–Trinajstić information content (AvgIpc) is 2.94. The molecule has 1 saturated heterocycles. The molecule has 0 spiro atoms. The van der Waals surface area contributed by atoms with Crippen LogP contribution in [-0.4, -0.2) is 29.8 Å². The molecule has 0 saturated carbocycles. The number of likely N-dealkylation sites (tertiary alicyclic amines) is 1. The number of imide groups is 1. The minimum atomic E-state index is -0.284. The lowest BCUT2D eigenvalue weighted by atomic mass is 9.96. The second-order valence-corrected chi connectivity index (χ2v) is 8.58. The van der Waals surface area contributed by atoms with Gasteiger partial charge in [-0.05, 0) is 67.5 Å². The maximum Gasteiger partial charge on any atom is 0.282 e. The number of hydrogen-bond donors (Lipinski definition) is 0. The Bertz CT molecular complexity index is 1030. The normalized spacial score (nSPS) is 20.1. The molecule has 29 heavy (non-hydrogen) atoms. The van der Waals surface area contributed by atoms with Gasteiger partial charge in [0, 0.05) is 18.1 Å². The van der Waals surface area contributed by atoms with Crippen LogP contribution < -0.4 is 4.90 Å². The number of carbonyl (C=O) groups is 2. The average molecular weight is 409 g/mol. The number of carbonyl (C=O) groups excluding carboxylic acids is 2. The van der Waals surface area contributed by atoms with Gasteiger partial charge >= 0.3 is 0 Å². The predicted octanol–water partition coefficient (Wildman–Crippen LogP) is 4.97. The minimum absolute atomic E-state index is 0.264. The molecule has 2 aromatic carbocycles. The van der Waals surface area contributed by atoms with Crippen molar-refractivity contribution in [1.82, 2.24) is 4.90 Å². The van der Waals surface area contributed by atoms with Crippen LogP contribution in [0.15, 0.2) is 48.2 Å². The zero-order valence-corrected chi connectivity index (χ0v) is 17.8. The molecule has 0 radical (unpaired) electrons. The van der Waals surface area contributed by atoms with Crippen LogP contribution in [0, 0.1) is 19.8 Å². The number of rotatable bonds is 3. The zero-order valence-electron chi connectivity index (χ0n) is 17.0. The summed E-state index contributed by atoms with van der Waals surface area (Å²) in [6.45, 7) is 7.83. The molecule has 1 fully saturated rings. The van der Waals surface area contributed by atoms with Crippen molar-refractivity contribution in [1.29, 1.82) is 0 Å². The fourth-order valence-corrected chi connectivity index (χ4v) is 4.40. The summed E-state index contributed by atoms with van der Waals surface area (Å²) in [7, 11) is 0. The van der Waals surface area contributed by atoms with Crippen molar-refractivity contribution in [3.63, 3.8) is 0 Å². The third-order valence-corrected chi connectivity index (χ3v) is 6.13. The van der Waals surface area contributed by atoms with E-state index in [-0.39, 0.29) is 11.8 Å². The highest BCUT2D eigenvalue weighted by molar-refractivity contribution is 6.45. The Kier molecular flexibility index (Phi) is 5.22. The zero-order chi connectivity index (χ0) is 20.7. The largest absolute Gasteiger partial charge is 0.366 e. The van der Waals surface area contributed by atoms with Crippen LogP contribution in [0.2, 0.25) is 5.02 Å². The van der Waals surface area contributed by atoms with E-state index in [2.05, 4.69) is 11.8 Å². The summed E-state index contributed by atoms with van der Waals surface area (Å²) in [6, 6.07) is 12.9. The molecule has 0 aromatic heterocycles. The fourth-order valence-electron chi connectivity index (χ4n) is 4.21. The van der Waals surface area contributed by atoms with Crippen molar-refractivity contribution >= 4 is 34.7 Å². The molecule has 5 heteroatoms. The van der Waals surface area contributed by atoms with Crippen LogP contribution in [0.5, 0.6) is 0 Å². The lowest BCUT2D eigenvalue weighted by Gasteiger charge is -2.33. The Hall–Kier alpha value is -2.59. The first kappa shape index (κ1) is 19.7. The summed E-state index contributed by atoms with van der Waals surface area (Å²) in [5.74, 6) is -0.0614. The summed E-state index contributed by atoms with van der Waals surface area (Å²) in [4.78, 5) is 30.4. The molecule has 150 valence electrons. The monoisotopic (exact) mass is 408 g/mol.